The molecule has 1 amide bonds. The standard InChI is InChI=1S/C25H24N2O2/c28-25(14-22-16-26-24-12-5-4-11-23(22)24)27-15-20-9-6-10-21(13-20)18-29-17-19-7-2-1-3-8-19/h1-13,16,26H,14-15,17-18H2,(H,27,28). The van der Waals surface area contributed by atoms with Crippen LogP contribution in [0.1, 0.15) is 22.3 Å². The number of H-pyrrole nitrogens is 1. The molecule has 146 valence electrons. The van der Waals surface area contributed by atoms with Gasteiger partial charge in [0.05, 0.1) is 19.6 Å². The molecule has 0 saturated carbocycles. The summed E-state index contributed by atoms with van der Waals surface area (Å²) >= 11 is 0. The highest BCUT2D eigenvalue weighted by Crippen LogP contribution is 2.18. The lowest BCUT2D eigenvalue weighted by molar-refractivity contribution is -0.120. The van der Waals surface area contributed by atoms with Crippen LogP contribution in [0, 0.1) is 0 Å². The monoisotopic (exact) mass is 384 g/mol. The van der Waals surface area contributed by atoms with Crippen molar-refractivity contribution in [1.82, 2.24) is 10.3 Å². The normalized spacial score (nSPS) is 10.9. The fourth-order valence-corrected chi connectivity index (χ4v) is 3.40. The zero-order chi connectivity index (χ0) is 19.9. The van der Waals surface area contributed by atoms with Crippen LogP contribution in [0.5, 0.6) is 0 Å². The van der Waals surface area contributed by atoms with Crippen LogP contribution >= 0.6 is 0 Å². The molecule has 1 heterocycles. The van der Waals surface area contributed by atoms with Gasteiger partial charge in [-0.15, -0.1) is 0 Å². The van der Waals surface area contributed by atoms with E-state index in [-0.39, 0.29) is 5.91 Å². The fourth-order valence-electron chi connectivity index (χ4n) is 3.40. The van der Waals surface area contributed by atoms with E-state index in [1.165, 1.54) is 0 Å². The molecule has 4 rings (SSSR count). The lowest BCUT2D eigenvalue weighted by atomic mass is 10.1. The molecule has 0 unspecified atom stereocenters. The molecule has 4 aromatic rings. The van der Waals surface area contributed by atoms with Crippen molar-refractivity contribution in [2.75, 3.05) is 0 Å². The first kappa shape index (κ1) is 19.0. The van der Waals surface area contributed by atoms with E-state index < -0.39 is 0 Å². The van der Waals surface area contributed by atoms with Crippen LogP contribution < -0.4 is 5.32 Å². The number of carbonyl (C=O) groups is 1. The SMILES string of the molecule is O=C(Cc1c[nH]c2ccccc12)NCc1cccc(COCc2ccccc2)c1. The first-order valence-electron chi connectivity index (χ1n) is 9.79. The van der Waals surface area contributed by atoms with Gasteiger partial charge in [0.2, 0.25) is 5.91 Å². The van der Waals surface area contributed by atoms with Crippen molar-refractivity contribution in [3.63, 3.8) is 0 Å². The number of rotatable bonds is 8. The van der Waals surface area contributed by atoms with Crippen molar-refractivity contribution in [3.8, 4) is 0 Å². The molecule has 0 aliphatic heterocycles. The molecule has 0 aliphatic rings. The second-order valence-electron chi connectivity index (χ2n) is 7.11. The van der Waals surface area contributed by atoms with E-state index >= 15 is 0 Å². The van der Waals surface area contributed by atoms with E-state index in [9.17, 15) is 4.79 Å². The van der Waals surface area contributed by atoms with E-state index in [4.69, 9.17) is 4.74 Å². The van der Waals surface area contributed by atoms with Crippen molar-refractivity contribution >= 4 is 16.8 Å². The number of benzene rings is 3. The minimum Gasteiger partial charge on any atom is -0.372 e. The third-order valence-electron chi connectivity index (χ3n) is 4.89. The van der Waals surface area contributed by atoms with E-state index in [1.54, 1.807) is 0 Å². The Balaban J connectivity index is 1.28. The topological polar surface area (TPSA) is 54.1 Å². The maximum atomic E-state index is 12.4. The maximum Gasteiger partial charge on any atom is 0.224 e. The predicted molar refractivity (Wildman–Crippen MR) is 115 cm³/mol. The largest absolute Gasteiger partial charge is 0.372 e. The summed E-state index contributed by atoms with van der Waals surface area (Å²) in [7, 11) is 0. The predicted octanol–water partition coefficient (Wildman–Crippen LogP) is 4.74. The summed E-state index contributed by atoms with van der Waals surface area (Å²) in [5.41, 5.74) is 5.40. The Morgan fingerprint density at radius 3 is 2.45 bits per heavy atom. The van der Waals surface area contributed by atoms with Crippen LogP contribution in [0.3, 0.4) is 0 Å². The van der Waals surface area contributed by atoms with E-state index in [0.29, 0.717) is 26.2 Å². The van der Waals surface area contributed by atoms with Gasteiger partial charge in [-0.1, -0.05) is 72.8 Å². The molecule has 3 aromatic carbocycles. The van der Waals surface area contributed by atoms with Gasteiger partial charge in [-0.3, -0.25) is 4.79 Å². The molecule has 4 nitrogen and oxygen atoms in total. The lowest BCUT2D eigenvalue weighted by Gasteiger charge is -2.08. The highest BCUT2D eigenvalue weighted by molar-refractivity contribution is 5.88. The Labute approximate surface area is 170 Å². The molecule has 0 aliphatic carbocycles. The first-order chi connectivity index (χ1) is 14.3. The Bertz CT molecular complexity index is 1090. The third-order valence-corrected chi connectivity index (χ3v) is 4.89. The van der Waals surface area contributed by atoms with Crippen LogP contribution in [0.25, 0.3) is 10.9 Å². The van der Waals surface area contributed by atoms with Gasteiger partial charge in [0.15, 0.2) is 0 Å². The van der Waals surface area contributed by atoms with Gasteiger partial charge in [0.25, 0.3) is 0 Å². The quantitative estimate of drug-likeness (QED) is 0.461. The Morgan fingerprint density at radius 1 is 0.828 bits per heavy atom. The van der Waals surface area contributed by atoms with Crippen LogP contribution in [0.4, 0.5) is 0 Å². The smallest absolute Gasteiger partial charge is 0.224 e. The minimum absolute atomic E-state index is 0.0143. The van der Waals surface area contributed by atoms with Gasteiger partial charge >= 0.3 is 0 Å². The third kappa shape index (κ3) is 5.12. The van der Waals surface area contributed by atoms with Crippen molar-refractivity contribution < 1.29 is 9.53 Å². The summed E-state index contributed by atoms with van der Waals surface area (Å²) in [5.74, 6) is 0.0143. The zero-order valence-electron chi connectivity index (χ0n) is 16.2. The average molecular weight is 384 g/mol. The van der Waals surface area contributed by atoms with Crippen molar-refractivity contribution in [2.45, 2.75) is 26.2 Å². The van der Waals surface area contributed by atoms with E-state index in [2.05, 4.69) is 28.5 Å². The van der Waals surface area contributed by atoms with Gasteiger partial charge in [-0.25, -0.2) is 0 Å². The molecule has 0 saturated heterocycles. The van der Waals surface area contributed by atoms with Crippen molar-refractivity contribution in [2.24, 2.45) is 0 Å². The fraction of sp³-hybridized carbons (Fsp3) is 0.160. The molecule has 29 heavy (non-hydrogen) atoms. The highest BCUT2D eigenvalue weighted by Gasteiger charge is 2.08. The number of carbonyl (C=O) groups excluding carboxylic acids is 1. The van der Waals surface area contributed by atoms with E-state index in [0.717, 1.165) is 33.2 Å². The number of fused-ring (bicyclic) bond motifs is 1. The van der Waals surface area contributed by atoms with Gasteiger partial charge in [-0.2, -0.15) is 0 Å². The average Bonchev–Trinajstić information content (AvgIpc) is 3.16. The zero-order valence-corrected chi connectivity index (χ0v) is 16.2. The maximum absolute atomic E-state index is 12.4. The summed E-state index contributed by atoms with van der Waals surface area (Å²) < 4.78 is 5.81. The summed E-state index contributed by atoms with van der Waals surface area (Å²) in [4.78, 5) is 15.6. The second-order valence-corrected chi connectivity index (χ2v) is 7.11. The number of aromatic amines is 1. The Kier molecular flexibility index (Phi) is 6.03. The summed E-state index contributed by atoms with van der Waals surface area (Å²) in [6, 6.07) is 26.3. The van der Waals surface area contributed by atoms with Gasteiger partial charge in [0, 0.05) is 23.6 Å². The van der Waals surface area contributed by atoms with Gasteiger partial charge in [-0.05, 0) is 28.3 Å². The number of amides is 1. The molecule has 0 bridgehead atoms. The van der Waals surface area contributed by atoms with Crippen molar-refractivity contribution in [3.05, 3.63) is 107 Å². The van der Waals surface area contributed by atoms with E-state index in [1.807, 2.05) is 66.9 Å². The molecule has 0 atom stereocenters. The van der Waals surface area contributed by atoms with Crippen LogP contribution in [0.15, 0.2) is 85.1 Å². The number of aromatic nitrogens is 1. The number of hydrogen-bond acceptors (Lipinski definition) is 2. The molecule has 0 fully saturated rings. The summed E-state index contributed by atoms with van der Waals surface area (Å²) in [5, 5.41) is 4.11. The number of nitrogens with one attached hydrogen (secondary N) is 2. The lowest BCUT2D eigenvalue weighted by Crippen LogP contribution is -2.24. The molecule has 4 heteroatoms. The van der Waals surface area contributed by atoms with Crippen LogP contribution in [0.2, 0.25) is 0 Å². The first-order valence-corrected chi connectivity index (χ1v) is 9.79. The molecular weight excluding hydrogens is 360 g/mol. The van der Waals surface area contributed by atoms with Crippen molar-refractivity contribution in [1.29, 1.82) is 0 Å². The van der Waals surface area contributed by atoms with Gasteiger partial charge < -0.3 is 15.0 Å². The summed E-state index contributed by atoms with van der Waals surface area (Å²) in [6.45, 7) is 1.64. The number of para-hydroxylation sites is 1. The summed E-state index contributed by atoms with van der Waals surface area (Å²) in [6.07, 6.45) is 2.28. The van der Waals surface area contributed by atoms with Crippen LogP contribution in [-0.2, 0) is 35.7 Å². The molecule has 2 N–H and O–H groups in total. The molecule has 0 radical (unpaired) electrons. The highest BCUT2D eigenvalue weighted by atomic mass is 16.5. The molecular formula is C25H24N2O2. The molecule has 0 spiro atoms. The Morgan fingerprint density at radius 2 is 1.55 bits per heavy atom. The number of hydrogen-bond donors (Lipinski definition) is 2. The Hall–Kier alpha value is -3.37. The number of ether oxygens (including phenoxy) is 1. The van der Waals surface area contributed by atoms with Crippen LogP contribution in [-0.4, -0.2) is 10.9 Å². The second kappa shape index (κ2) is 9.22. The van der Waals surface area contributed by atoms with Gasteiger partial charge in [0.1, 0.15) is 0 Å². The molecule has 1 aromatic heterocycles. The minimum atomic E-state index is 0.0143.